The molecule has 106 valence electrons. The molecule has 0 aliphatic carbocycles. The lowest BCUT2D eigenvalue weighted by Crippen LogP contribution is -2.22. The van der Waals surface area contributed by atoms with Gasteiger partial charge in [0.2, 0.25) is 0 Å². The van der Waals surface area contributed by atoms with Crippen molar-refractivity contribution in [2.24, 2.45) is 0 Å². The van der Waals surface area contributed by atoms with E-state index in [0.717, 1.165) is 23.6 Å². The summed E-state index contributed by atoms with van der Waals surface area (Å²) in [4.78, 5) is 0. The van der Waals surface area contributed by atoms with Crippen molar-refractivity contribution < 1.29 is 0 Å². The summed E-state index contributed by atoms with van der Waals surface area (Å²) in [6.45, 7) is 7.32. The Kier molecular flexibility index (Phi) is 5.22. The van der Waals surface area contributed by atoms with Crippen LogP contribution in [0.1, 0.15) is 42.1 Å². The molecule has 1 N–H and O–H groups in total. The van der Waals surface area contributed by atoms with Gasteiger partial charge in [-0.05, 0) is 48.2 Å². The largest absolute Gasteiger partial charge is 0.307 e. The van der Waals surface area contributed by atoms with Crippen LogP contribution in [-0.4, -0.2) is 6.54 Å². The summed E-state index contributed by atoms with van der Waals surface area (Å²) in [6, 6.07) is 15.2. The summed E-state index contributed by atoms with van der Waals surface area (Å²) in [5, 5.41) is 4.39. The SMILES string of the molecule is CCNC(c1ccc(CC)cc1)c1cccc(Cl)c1C. The number of halogens is 1. The van der Waals surface area contributed by atoms with Gasteiger partial charge < -0.3 is 5.32 Å². The van der Waals surface area contributed by atoms with Gasteiger partial charge in [-0.15, -0.1) is 0 Å². The molecule has 0 heterocycles. The highest BCUT2D eigenvalue weighted by molar-refractivity contribution is 6.31. The fourth-order valence-corrected chi connectivity index (χ4v) is 2.68. The van der Waals surface area contributed by atoms with E-state index in [4.69, 9.17) is 11.6 Å². The van der Waals surface area contributed by atoms with Crippen LogP contribution in [0.25, 0.3) is 0 Å². The van der Waals surface area contributed by atoms with Crippen LogP contribution in [0.3, 0.4) is 0 Å². The van der Waals surface area contributed by atoms with Gasteiger partial charge in [0.05, 0.1) is 6.04 Å². The quantitative estimate of drug-likeness (QED) is 0.824. The Bertz CT molecular complexity index is 560. The van der Waals surface area contributed by atoms with Crippen LogP contribution in [0.5, 0.6) is 0 Å². The molecule has 2 heteroatoms. The first-order valence-corrected chi connectivity index (χ1v) is 7.62. The number of nitrogens with one attached hydrogen (secondary N) is 1. The molecular weight excluding hydrogens is 266 g/mol. The second kappa shape index (κ2) is 6.92. The molecule has 0 bridgehead atoms. The average Bonchev–Trinajstić information content (AvgIpc) is 2.48. The van der Waals surface area contributed by atoms with Crippen LogP contribution >= 0.6 is 11.6 Å². The molecule has 0 fully saturated rings. The summed E-state index contributed by atoms with van der Waals surface area (Å²) < 4.78 is 0. The van der Waals surface area contributed by atoms with Gasteiger partial charge in [0.15, 0.2) is 0 Å². The molecule has 0 aromatic heterocycles. The Labute approximate surface area is 127 Å². The van der Waals surface area contributed by atoms with Crippen molar-refractivity contribution in [3.05, 3.63) is 69.7 Å². The number of rotatable bonds is 5. The molecule has 20 heavy (non-hydrogen) atoms. The van der Waals surface area contributed by atoms with Gasteiger partial charge in [-0.3, -0.25) is 0 Å². The molecule has 2 rings (SSSR count). The highest BCUT2D eigenvalue weighted by atomic mass is 35.5. The molecule has 0 amide bonds. The number of aryl methyl sites for hydroxylation is 1. The summed E-state index contributed by atoms with van der Waals surface area (Å²) in [6.07, 6.45) is 1.07. The van der Waals surface area contributed by atoms with Crippen molar-refractivity contribution in [1.82, 2.24) is 5.32 Å². The van der Waals surface area contributed by atoms with Crippen molar-refractivity contribution in [1.29, 1.82) is 0 Å². The zero-order valence-corrected chi connectivity index (χ0v) is 13.2. The molecule has 0 saturated carbocycles. The lowest BCUT2D eigenvalue weighted by atomic mass is 9.94. The van der Waals surface area contributed by atoms with E-state index in [-0.39, 0.29) is 6.04 Å². The normalized spacial score (nSPS) is 12.4. The Morgan fingerprint density at radius 2 is 1.75 bits per heavy atom. The predicted molar refractivity (Wildman–Crippen MR) is 87.5 cm³/mol. The van der Waals surface area contributed by atoms with Crippen LogP contribution in [0.2, 0.25) is 5.02 Å². The lowest BCUT2D eigenvalue weighted by Gasteiger charge is -2.21. The molecule has 0 aliphatic rings. The first-order valence-electron chi connectivity index (χ1n) is 7.24. The van der Waals surface area contributed by atoms with E-state index in [9.17, 15) is 0 Å². The van der Waals surface area contributed by atoms with Crippen LogP contribution in [-0.2, 0) is 6.42 Å². The smallest absolute Gasteiger partial charge is 0.0579 e. The topological polar surface area (TPSA) is 12.0 Å². The van der Waals surface area contributed by atoms with Gasteiger partial charge in [0.25, 0.3) is 0 Å². The summed E-state index contributed by atoms with van der Waals surface area (Å²) >= 11 is 6.27. The van der Waals surface area contributed by atoms with Gasteiger partial charge in [-0.1, -0.05) is 61.8 Å². The molecule has 1 unspecified atom stereocenters. The minimum atomic E-state index is 0.199. The molecule has 0 saturated heterocycles. The molecule has 0 spiro atoms. The fraction of sp³-hybridized carbons (Fsp3) is 0.333. The molecule has 0 radical (unpaired) electrons. The van der Waals surface area contributed by atoms with Gasteiger partial charge in [-0.25, -0.2) is 0 Å². The first kappa shape index (κ1) is 15.1. The standard InChI is InChI=1S/C18H22ClN/c1-4-14-9-11-15(12-10-14)18(20-5-2)16-7-6-8-17(19)13(16)3/h6-12,18,20H,4-5H2,1-3H3. The maximum atomic E-state index is 6.27. The molecule has 1 nitrogen and oxygen atoms in total. The van der Waals surface area contributed by atoms with Crippen molar-refractivity contribution in [2.75, 3.05) is 6.54 Å². The zero-order valence-electron chi connectivity index (χ0n) is 12.4. The second-order valence-corrected chi connectivity index (χ2v) is 5.45. The third-order valence-electron chi connectivity index (χ3n) is 3.75. The van der Waals surface area contributed by atoms with E-state index in [1.807, 2.05) is 12.1 Å². The van der Waals surface area contributed by atoms with E-state index in [0.29, 0.717) is 0 Å². The van der Waals surface area contributed by atoms with Crippen molar-refractivity contribution in [3.63, 3.8) is 0 Å². The van der Waals surface area contributed by atoms with E-state index in [1.165, 1.54) is 16.7 Å². The Morgan fingerprint density at radius 3 is 2.35 bits per heavy atom. The zero-order chi connectivity index (χ0) is 14.5. The van der Waals surface area contributed by atoms with Crippen LogP contribution in [0.4, 0.5) is 0 Å². The fourth-order valence-electron chi connectivity index (χ4n) is 2.49. The second-order valence-electron chi connectivity index (χ2n) is 5.04. The number of hydrogen-bond donors (Lipinski definition) is 1. The highest BCUT2D eigenvalue weighted by Gasteiger charge is 2.16. The van der Waals surface area contributed by atoms with E-state index >= 15 is 0 Å². The molecule has 2 aromatic rings. The lowest BCUT2D eigenvalue weighted by molar-refractivity contribution is 0.627. The van der Waals surface area contributed by atoms with Gasteiger partial charge in [0, 0.05) is 5.02 Å². The van der Waals surface area contributed by atoms with E-state index < -0.39 is 0 Å². The third-order valence-corrected chi connectivity index (χ3v) is 4.16. The van der Waals surface area contributed by atoms with Crippen LogP contribution < -0.4 is 5.32 Å². The minimum absolute atomic E-state index is 0.199. The maximum absolute atomic E-state index is 6.27. The monoisotopic (exact) mass is 287 g/mol. The summed E-state index contributed by atoms with van der Waals surface area (Å²) in [5.41, 5.74) is 5.06. The summed E-state index contributed by atoms with van der Waals surface area (Å²) in [5.74, 6) is 0. The highest BCUT2D eigenvalue weighted by Crippen LogP contribution is 2.29. The van der Waals surface area contributed by atoms with Gasteiger partial charge in [0.1, 0.15) is 0 Å². The van der Waals surface area contributed by atoms with Gasteiger partial charge >= 0.3 is 0 Å². The molecule has 1 atom stereocenters. The molecular formula is C18H22ClN. The number of hydrogen-bond acceptors (Lipinski definition) is 1. The van der Waals surface area contributed by atoms with Crippen molar-refractivity contribution >= 4 is 11.6 Å². The number of benzene rings is 2. The average molecular weight is 288 g/mol. The first-order chi connectivity index (χ1) is 9.67. The molecule has 2 aromatic carbocycles. The van der Waals surface area contributed by atoms with E-state index in [1.54, 1.807) is 0 Å². The van der Waals surface area contributed by atoms with Crippen molar-refractivity contribution in [3.8, 4) is 0 Å². The van der Waals surface area contributed by atoms with Gasteiger partial charge in [-0.2, -0.15) is 0 Å². The van der Waals surface area contributed by atoms with E-state index in [2.05, 4.69) is 56.4 Å². The predicted octanol–water partition coefficient (Wildman–Crippen LogP) is 4.91. The van der Waals surface area contributed by atoms with Crippen LogP contribution in [0.15, 0.2) is 42.5 Å². The van der Waals surface area contributed by atoms with Crippen molar-refractivity contribution in [2.45, 2.75) is 33.2 Å². The summed E-state index contributed by atoms with van der Waals surface area (Å²) in [7, 11) is 0. The Balaban J connectivity index is 2.41. The Morgan fingerprint density at radius 1 is 1.05 bits per heavy atom. The van der Waals surface area contributed by atoms with Crippen LogP contribution in [0, 0.1) is 6.92 Å². The minimum Gasteiger partial charge on any atom is -0.307 e. The maximum Gasteiger partial charge on any atom is 0.0579 e. The third kappa shape index (κ3) is 3.23. The Hall–Kier alpha value is -1.31. The molecule has 0 aliphatic heterocycles.